The van der Waals surface area contributed by atoms with Crippen molar-refractivity contribution in [2.45, 2.75) is 76.9 Å². The van der Waals surface area contributed by atoms with Crippen molar-refractivity contribution in [3.63, 3.8) is 0 Å². The molecule has 21 heavy (non-hydrogen) atoms. The topological polar surface area (TPSA) is 60.9 Å². The summed E-state index contributed by atoms with van der Waals surface area (Å²) in [6.07, 6.45) is 7.16. The molecule has 0 spiro atoms. The van der Waals surface area contributed by atoms with Crippen LogP contribution in [0.2, 0.25) is 0 Å². The number of amides is 1. The van der Waals surface area contributed by atoms with Gasteiger partial charge in [-0.15, -0.1) is 0 Å². The summed E-state index contributed by atoms with van der Waals surface area (Å²) in [6.45, 7) is 5.09. The van der Waals surface area contributed by atoms with E-state index in [1.807, 2.05) is 9.80 Å². The van der Waals surface area contributed by atoms with Crippen LogP contribution in [-0.4, -0.2) is 58.0 Å². The molecule has 1 aliphatic carbocycles. The molecule has 1 heterocycles. The van der Waals surface area contributed by atoms with Gasteiger partial charge in [0, 0.05) is 12.1 Å². The third-order valence-electron chi connectivity index (χ3n) is 4.80. The maximum absolute atomic E-state index is 12.7. The van der Waals surface area contributed by atoms with Crippen molar-refractivity contribution >= 4 is 11.9 Å². The van der Waals surface area contributed by atoms with E-state index >= 15 is 0 Å². The number of carbonyl (C=O) groups is 2. The van der Waals surface area contributed by atoms with Gasteiger partial charge in [0.1, 0.15) is 6.04 Å². The number of hydrogen-bond acceptors (Lipinski definition) is 3. The Labute approximate surface area is 127 Å². The van der Waals surface area contributed by atoms with Crippen LogP contribution in [0.3, 0.4) is 0 Å². The highest BCUT2D eigenvalue weighted by Gasteiger charge is 2.34. The summed E-state index contributed by atoms with van der Waals surface area (Å²) in [5.41, 5.74) is 0. The fourth-order valence-electron chi connectivity index (χ4n) is 3.81. The standard InChI is InChI=1S/C16H28N2O3/c1-12(2)18(13-7-3-4-8-13)15(19)11-17-10-6-5-9-14(17)16(20)21/h12-14H,3-11H2,1-2H3,(H,20,21). The van der Waals surface area contributed by atoms with Gasteiger partial charge in [-0.25, -0.2) is 0 Å². The molecule has 1 atom stereocenters. The molecule has 5 heteroatoms. The molecule has 0 bridgehead atoms. The fourth-order valence-corrected chi connectivity index (χ4v) is 3.81. The Hall–Kier alpha value is -1.10. The molecular formula is C16H28N2O3. The smallest absolute Gasteiger partial charge is 0.320 e. The third-order valence-corrected chi connectivity index (χ3v) is 4.80. The molecule has 1 saturated heterocycles. The second kappa shape index (κ2) is 7.25. The summed E-state index contributed by atoms with van der Waals surface area (Å²) in [7, 11) is 0. The molecule has 1 unspecified atom stereocenters. The summed E-state index contributed by atoms with van der Waals surface area (Å²) in [5.74, 6) is -0.690. The monoisotopic (exact) mass is 296 g/mol. The van der Waals surface area contributed by atoms with Gasteiger partial charge < -0.3 is 10.0 Å². The first-order valence-corrected chi connectivity index (χ1v) is 8.28. The summed E-state index contributed by atoms with van der Waals surface area (Å²) >= 11 is 0. The first-order chi connectivity index (χ1) is 10.0. The molecule has 1 saturated carbocycles. The van der Waals surface area contributed by atoms with Crippen LogP contribution in [0.15, 0.2) is 0 Å². The Morgan fingerprint density at radius 2 is 1.76 bits per heavy atom. The van der Waals surface area contributed by atoms with Crippen LogP contribution in [0.25, 0.3) is 0 Å². The van der Waals surface area contributed by atoms with Crippen LogP contribution in [-0.2, 0) is 9.59 Å². The van der Waals surface area contributed by atoms with Crippen LogP contribution in [0.1, 0.15) is 58.8 Å². The maximum atomic E-state index is 12.7. The number of piperidine rings is 1. The average Bonchev–Trinajstić information content (AvgIpc) is 2.92. The minimum atomic E-state index is -0.792. The molecule has 2 fully saturated rings. The van der Waals surface area contributed by atoms with Crippen molar-refractivity contribution in [2.24, 2.45) is 0 Å². The van der Waals surface area contributed by atoms with Crippen LogP contribution >= 0.6 is 0 Å². The van der Waals surface area contributed by atoms with E-state index in [4.69, 9.17) is 0 Å². The first-order valence-electron chi connectivity index (χ1n) is 8.28. The second-order valence-electron chi connectivity index (χ2n) is 6.65. The lowest BCUT2D eigenvalue weighted by molar-refractivity contribution is -0.147. The minimum absolute atomic E-state index is 0.102. The van der Waals surface area contributed by atoms with Crippen molar-refractivity contribution in [2.75, 3.05) is 13.1 Å². The van der Waals surface area contributed by atoms with Gasteiger partial charge in [-0.05, 0) is 46.1 Å². The molecule has 1 amide bonds. The lowest BCUT2D eigenvalue weighted by atomic mass is 10.0. The lowest BCUT2D eigenvalue weighted by Crippen LogP contribution is -2.52. The Morgan fingerprint density at radius 1 is 1.14 bits per heavy atom. The minimum Gasteiger partial charge on any atom is -0.480 e. The molecule has 0 aromatic carbocycles. The van der Waals surface area contributed by atoms with Crippen LogP contribution in [0.4, 0.5) is 0 Å². The maximum Gasteiger partial charge on any atom is 0.320 e. The van der Waals surface area contributed by atoms with E-state index in [0.717, 1.165) is 32.2 Å². The van der Waals surface area contributed by atoms with E-state index in [9.17, 15) is 14.7 Å². The Bertz CT molecular complexity index is 378. The summed E-state index contributed by atoms with van der Waals surface area (Å²) < 4.78 is 0. The van der Waals surface area contributed by atoms with Crippen molar-refractivity contribution in [3.05, 3.63) is 0 Å². The highest BCUT2D eigenvalue weighted by molar-refractivity contribution is 5.80. The van der Waals surface area contributed by atoms with Crippen molar-refractivity contribution in [3.8, 4) is 0 Å². The summed E-state index contributed by atoms with van der Waals surface area (Å²) in [6, 6.07) is 0.0551. The number of hydrogen-bond donors (Lipinski definition) is 1. The lowest BCUT2D eigenvalue weighted by Gasteiger charge is -2.37. The number of nitrogens with zero attached hydrogens (tertiary/aromatic N) is 2. The van der Waals surface area contributed by atoms with E-state index in [0.29, 0.717) is 12.5 Å². The zero-order chi connectivity index (χ0) is 15.4. The molecule has 5 nitrogen and oxygen atoms in total. The van der Waals surface area contributed by atoms with Gasteiger partial charge in [-0.3, -0.25) is 14.5 Å². The van der Waals surface area contributed by atoms with E-state index < -0.39 is 12.0 Å². The number of rotatable bonds is 5. The molecular weight excluding hydrogens is 268 g/mol. The van der Waals surface area contributed by atoms with Crippen LogP contribution < -0.4 is 0 Å². The van der Waals surface area contributed by atoms with Gasteiger partial charge in [0.25, 0.3) is 0 Å². The Kier molecular flexibility index (Phi) is 5.62. The van der Waals surface area contributed by atoms with Gasteiger partial charge in [0.05, 0.1) is 6.54 Å². The van der Waals surface area contributed by atoms with E-state index in [1.54, 1.807) is 0 Å². The fraction of sp³-hybridized carbons (Fsp3) is 0.875. The van der Waals surface area contributed by atoms with E-state index in [1.165, 1.54) is 12.8 Å². The van der Waals surface area contributed by atoms with Gasteiger partial charge in [-0.2, -0.15) is 0 Å². The average molecular weight is 296 g/mol. The molecule has 1 N–H and O–H groups in total. The SMILES string of the molecule is CC(C)N(C(=O)CN1CCCCC1C(=O)O)C1CCCC1. The normalized spacial score (nSPS) is 24.4. The predicted octanol–water partition coefficient (Wildman–Crippen LogP) is 2.11. The number of carboxylic acid groups (broad SMARTS) is 1. The molecule has 0 radical (unpaired) electrons. The van der Waals surface area contributed by atoms with E-state index in [-0.39, 0.29) is 18.5 Å². The zero-order valence-electron chi connectivity index (χ0n) is 13.3. The molecule has 1 aliphatic heterocycles. The molecule has 2 rings (SSSR count). The second-order valence-corrected chi connectivity index (χ2v) is 6.65. The van der Waals surface area contributed by atoms with Crippen LogP contribution in [0.5, 0.6) is 0 Å². The predicted molar refractivity (Wildman–Crippen MR) is 81.1 cm³/mol. The number of carboxylic acids is 1. The molecule has 0 aromatic rings. The quantitative estimate of drug-likeness (QED) is 0.844. The number of aliphatic carboxylic acids is 1. The van der Waals surface area contributed by atoms with Gasteiger partial charge in [0.2, 0.25) is 5.91 Å². The van der Waals surface area contributed by atoms with Crippen molar-refractivity contribution in [1.82, 2.24) is 9.80 Å². The third kappa shape index (κ3) is 3.96. The van der Waals surface area contributed by atoms with Gasteiger partial charge in [-0.1, -0.05) is 19.3 Å². The van der Waals surface area contributed by atoms with Crippen molar-refractivity contribution in [1.29, 1.82) is 0 Å². The molecule has 2 aliphatic rings. The number of carbonyl (C=O) groups excluding carboxylic acids is 1. The van der Waals surface area contributed by atoms with Crippen molar-refractivity contribution < 1.29 is 14.7 Å². The largest absolute Gasteiger partial charge is 0.480 e. The zero-order valence-corrected chi connectivity index (χ0v) is 13.3. The first kappa shape index (κ1) is 16.3. The molecule has 120 valence electrons. The highest BCUT2D eigenvalue weighted by Crippen LogP contribution is 2.26. The van der Waals surface area contributed by atoms with Gasteiger partial charge >= 0.3 is 5.97 Å². The Morgan fingerprint density at radius 3 is 2.33 bits per heavy atom. The summed E-state index contributed by atoms with van der Waals surface area (Å²) in [4.78, 5) is 27.9. The highest BCUT2D eigenvalue weighted by atomic mass is 16.4. The van der Waals surface area contributed by atoms with Crippen LogP contribution in [0, 0.1) is 0 Å². The molecule has 0 aromatic heterocycles. The Balaban J connectivity index is 2.01. The number of likely N-dealkylation sites (tertiary alicyclic amines) is 1. The van der Waals surface area contributed by atoms with E-state index in [2.05, 4.69) is 13.8 Å². The van der Waals surface area contributed by atoms with Gasteiger partial charge in [0.15, 0.2) is 0 Å². The summed E-state index contributed by atoms with van der Waals surface area (Å²) in [5, 5.41) is 9.31.